The average Bonchev–Trinajstić information content (AvgIpc) is 2.71. The highest BCUT2D eigenvalue weighted by atomic mass is 32.2. The summed E-state index contributed by atoms with van der Waals surface area (Å²) in [6.45, 7) is 0. The van der Waals surface area contributed by atoms with Crippen LogP contribution in [0.2, 0.25) is 0 Å². The van der Waals surface area contributed by atoms with Gasteiger partial charge in [-0.3, -0.25) is 4.72 Å². The second-order valence-electron chi connectivity index (χ2n) is 2.28. The second kappa shape index (κ2) is 3.35. The van der Waals surface area contributed by atoms with Crippen LogP contribution in [0.25, 0.3) is 0 Å². The van der Waals surface area contributed by atoms with Gasteiger partial charge in [0.15, 0.2) is 0 Å². The largest absolute Gasteiger partial charge is 0.334 e. The van der Waals surface area contributed by atoms with Gasteiger partial charge in [-0.05, 0) is 0 Å². The predicted octanol–water partition coefficient (Wildman–Crippen LogP) is 0.0620. The summed E-state index contributed by atoms with van der Waals surface area (Å²) in [4.78, 5) is 6.12. The van der Waals surface area contributed by atoms with Crippen molar-refractivity contribution in [1.29, 1.82) is 0 Å². The summed E-state index contributed by atoms with van der Waals surface area (Å²) in [7, 11) is -3.63. The Morgan fingerprint density at radius 2 is 2.36 bits per heavy atom. The molecule has 2 N–H and O–H groups in total. The highest BCUT2D eigenvalue weighted by Gasteiger charge is 2.17. The molecule has 74 valence electrons. The molecule has 0 aliphatic carbocycles. The van der Waals surface area contributed by atoms with E-state index in [1.165, 1.54) is 18.6 Å². The van der Waals surface area contributed by atoms with Crippen molar-refractivity contribution in [2.24, 2.45) is 0 Å². The maximum absolute atomic E-state index is 11.5. The van der Waals surface area contributed by atoms with Crippen LogP contribution < -0.4 is 4.72 Å². The fraction of sp³-hybridized carbons (Fsp3) is 0. The summed E-state index contributed by atoms with van der Waals surface area (Å²) >= 11 is 0.954. The number of anilines is 1. The number of H-pyrrole nitrogens is 1. The molecule has 0 saturated carbocycles. The van der Waals surface area contributed by atoms with Gasteiger partial charge in [0.05, 0.1) is 6.20 Å². The van der Waals surface area contributed by atoms with Gasteiger partial charge in [0.25, 0.3) is 10.0 Å². The number of nitrogens with zero attached hydrogens (tertiary/aromatic N) is 3. The number of hydrogen-bond acceptors (Lipinski definition) is 6. The topological polar surface area (TPSA) is 101 Å². The predicted molar refractivity (Wildman–Crippen MR) is 49.3 cm³/mol. The Bertz CT molecular complexity index is 488. The van der Waals surface area contributed by atoms with E-state index in [9.17, 15) is 8.42 Å². The molecule has 0 fully saturated rings. The molecule has 2 heterocycles. The Morgan fingerprint density at radius 3 is 2.93 bits per heavy atom. The lowest BCUT2D eigenvalue weighted by Gasteiger charge is -1.99. The van der Waals surface area contributed by atoms with Crippen LogP contribution in [0.5, 0.6) is 0 Å². The third kappa shape index (κ3) is 1.72. The van der Waals surface area contributed by atoms with E-state index in [1.807, 2.05) is 0 Å². The van der Waals surface area contributed by atoms with E-state index in [2.05, 4.69) is 24.3 Å². The van der Waals surface area contributed by atoms with Crippen molar-refractivity contribution in [2.45, 2.75) is 5.16 Å². The zero-order valence-corrected chi connectivity index (χ0v) is 8.34. The molecule has 0 bridgehead atoms. The molecule has 0 radical (unpaired) electrons. The van der Waals surface area contributed by atoms with Crippen LogP contribution in [-0.4, -0.2) is 28.0 Å². The van der Waals surface area contributed by atoms with Gasteiger partial charge in [0.1, 0.15) is 5.00 Å². The van der Waals surface area contributed by atoms with Gasteiger partial charge < -0.3 is 4.98 Å². The van der Waals surface area contributed by atoms with Crippen LogP contribution in [0, 0.1) is 0 Å². The molecule has 0 aliphatic rings. The molecule has 7 nitrogen and oxygen atoms in total. The van der Waals surface area contributed by atoms with Crippen LogP contribution in [0.15, 0.2) is 23.7 Å². The first-order chi connectivity index (χ1) is 6.68. The van der Waals surface area contributed by atoms with E-state index in [-0.39, 0.29) is 5.16 Å². The number of imidazole rings is 1. The van der Waals surface area contributed by atoms with Gasteiger partial charge in [-0.2, -0.15) is 8.42 Å². The Balaban J connectivity index is 2.27. The molecule has 9 heteroatoms. The van der Waals surface area contributed by atoms with Crippen molar-refractivity contribution in [3.63, 3.8) is 0 Å². The van der Waals surface area contributed by atoms with Gasteiger partial charge in [-0.15, -0.1) is 5.10 Å². The van der Waals surface area contributed by atoms with Crippen molar-refractivity contribution >= 4 is 26.6 Å². The fourth-order valence-corrected chi connectivity index (χ4v) is 2.38. The van der Waals surface area contributed by atoms with Crippen LogP contribution in [-0.2, 0) is 10.0 Å². The molecule has 0 amide bonds. The summed E-state index contributed by atoms with van der Waals surface area (Å²) < 4.78 is 28.8. The van der Waals surface area contributed by atoms with Gasteiger partial charge >= 0.3 is 0 Å². The lowest BCUT2D eigenvalue weighted by atomic mass is 10.9. The number of aromatic amines is 1. The van der Waals surface area contributed by atoms with Crippen molar-refractivity contribution < 1.29 is 8.42 Å². The van der Waals surface area contributed by atoms with Crippen molar-refractivity contribution in [3.8, 4) is 0 Å². The zero-order valence-electron chi connectivity index (χ0n) is 6.71. The minimum Gasteiger partial charge on any atom is -0.334 e. The highest BCUT2D eigenvalue weighted by molar-refractivity contribution is 7.92. The third-order valence-electron chi connectivity index (χ3n) is 1.32. The molecular formula is C5H5N5O2S2. The second-order valence-corrected chi connectivity index (χ2v) is 4.66. The normalized spacial score (nSPS) is 11.4. The van der Waals surface area contributed by atoms with Gasteiger partial charge in [0, 0.05) is 23.9 Å². The molecule has 2 rings (SSSR count). The Morgan fingerprint density at radius 1 is 1.50 bits per heavy atom. The number of rotatable bonds is 3. The molecule has 2 aromatic heterocycles. The molecule has 0 saturated heterocycles. The monoisotopic (exact) mass is 231 g/mol. The minimum atomic E-state index is -3.63. The molecule has 0 spiro atoms. The van der Waals surface area contributed by atoms with E-state index < -0.39 is 10.0 Å². The van der Waals surface area contributed by atoms with Crippen molar-refractivity contribution in [1.82, 2.24) is 19.6 Å². The lowest BCUT2D eigenvalue weighted by Crippen LogP contribution is -2.13. The van der Waals surface area contributed by atoms with Crippen molar-refractivity contribution in [3.05, 3.63) is 18.6 Å². The fourth-order valence-electron chi connectivity index (χ4n) is 0.791. The molecule has 0 atom stereocenters. The highest BCUT2D eigenvalue weighted by Crippen LogP contribution is 2.14. The average molecular weight is 231 g/mol. The zero-order chi connectivity index (χ0) is 10.0. The number of sulfonamides is 1. The van der Waals surface area contributed by atoms with E-state index in [0.717, 1.165) is 11.5 Å². The van der Waals surface area contributed by atoms with Gasteiger partial charge in [-0.1, -0.05) is 4.49 Å². The standard InChI is InChI=1S/C5H5N5O2S2/c11-14(12,5-6-1-2-7-5)9-4-3-8-10-13-4/h1-3,9H,(H,6,7). The van der Waals surface area contributed by atoms with E-state index in [4.69, 9.17) is 0 Å². The molecule has 0 aliphatic heterocycles. The third-order valence-corrected chi connectivity index (χ3v) is 3.25. The smallest absolute Gasteiger partial charge is 0.296 e. The Hall–Kier alpha value is -1.48. The quantitative estimate of drug-likeness (QED) is 0.778. The lowest BCUT2D eigenvalue weighted by molar-refractivity contribution is 0.594. The van der Waals surface area contributed by atoms with Crippen LogP contribution >= 0.6 is 11.5 Å². The molecule has 2 aromatic rings. The maximum Gasteiger partial charge on any atom is 0.296 e. The first kappa shape index (κ1) is 9.09. The summed E-state index contributed by atoms with van der Waals surface area (Å²) in [5.74, 6) is 0. The van der Waals surface area contributed by atoms with E-state index in [0.29, 0.717) is 5.00 Å². The SMILES string of the molecule is O=S(=O)(Nc1cnns1)c1ncc[nH]1. The molecule has 14 heavy (non-hydrogen) atoms. The Kier molecular flexibility index (Phi) is 2.17. The maximum atomic E-state index is 11.5. The Labute approximate surface area is 83.4 Å². The first-order valence-electron chi connectivity index (χ1n) is 3.48. The van der Waals surface area contributed by atoms with Crippen LogP contribution in [0.1, 0.15) is 0 Å². The van der Waals surface area contributed by atoms with E-state index >= 15 is 0 Å². The molecule has 0 aromatic carbocycles. The summed E-state index contributed by atoms with van der Waals surface area (Å²) in [5, 5.41) is 3.71. The molecular weight excluding hydrogens is 226 g/mol. The summed E-state index contributed by atoms with van der Waals surface area (Å²) in [6.07, 6.45) is 4.12. The van der Waals surface area contributed by atoms with Gasteiger partial charge in [0.2, 0.25) is 5.16 Å². The summed E-state index contributed by atoms with van der Waals surface area (Å²) in [6, 6.07) is 0. The van der Waals surface area contributed by atoms with Crippen LogP contribution in [0.4, 0.5) is 5.00 Å². The van der Waals surface area contributed by atoms with Gasteiger partial charge in [-0.25, -0.2) is 4.98 Å². The van der Waals surface area contributed by atoms with Crippen LogP contribution in [0.3, 0.4) is 0 Å². The van der Waals surface area contributed by atoms with Crippen molar-refractivity contribution in [2.75, 3.05) is 4.72 Å². The number of nitrogens with one attached hydrogen (secondary N) is 2. The first-order valence-corrected chi connectivity index (χ1v) is 5.74. The number of hydrogen-bond donors (Lipinski definition) is 2. The minimum absolute atomic E-state index is 0.133. The molecule has 0 unspecified atom stereocenters. The summed E-state index contributed by atoms with van der Waals surface area (Å²) in [5.41, 5.74) is 0. The number of aromatic nitrogens is 4. The van der Waals surface area contributed by atoms with E-state index in [1.54, 1.807) is 0 Å².